The summed E-state index contributed by atoms with van der Waals surface area (Å²) < 4.78 is 15.6. The highest BCUT2D eigenvalue weighted by molar-refractivity contribution is 5.94. The lowest BCUT2D eigenvalue weighted by Crippen LogP contribution is -2.36. The van der Waals surface area contributed by atoms with E-state index in [4.69, 9.17) is 14.2 Å². The van der Waals surface area contributed by atoms with Crippen LogP contribution in [0.15, 0.2) is 24.3 Å². The summed E-state index contributed by atoms with van der Waals surface area (Å²) in [6.07, 6.45) is 0. The van der Waals surface area contributed by atoms with Crippen LogP contribution in [-0.4, -0.2) is 83.2 Å². The van der Waals surface area contributed by atoms with Gasteiger partial charge in [-0.1, -0.05) is 40.8 Å². The number of ether oxygens (including phenoxy) is 3. The second-order valence-corrected chi connectivity index (χ2v) is 5.94. The van der Waals surface area contributed by atoms with Crippen molar-refractivity contribution in [1.82, 2.24) is 15.5 Å². The normalized spacial score (nSPS) is 9.48. The lowest BCUT2D eigenvalue weighted by Gasteiger charge is -2.17. The maximum atomic E-state index is 12.1. The minimum absolute atomic E-state index is 0. The van der Waals surface area contributed by atoms with E-state index < -0.39 is 0 Å². The monoisotopic (exact) mass is 450 g/mol. The quantitative estimate of drug-likeness (QED) is 0.278. The lowest BCUT2D eigenvalue weighted by atomic mass is 10.1. The molecule has 0 atom stereocenters. The fourth-order valence-electron chi connectivity index (χ4n) is 2.18. The van der Waals surface area contributed by atoms with Crippen LogP contribution in [0.4, 0.5) is 0 Å². The van der Waals surface area contributed by atoms with Crippen LogP contribution >= 0.6 is 0 Å². The summed E-state index contributed by atoms with van der Waals surface area (Å²) in [4.78, 5) is 14.3. The number of hydrogen-bond donors (Lipinski definition) is 3. The summed E-state index contributed by atoms with van der Waals surface area (Å²) in [5.41, 5.74) is 1.74. The molecule has 0 aliphatic heterocycles. The first-order valence-corrected chi connectivity index (χ1v) is 10.1. The zero-order valence-electron chi connectivity index (χ0n) is 18.7. The average Bonchev–Trinajstić information content (AvgIpc) is 2.73. The Morgan fingerprint density at radius 2 is 1.65 bits per heavy atom. The highest BCUT2D eigenvalue weighted by Crippen LogP contribution is 2.05. The topological polar surface area (TPSA) is 102 Å². The van der Waals surface area contributed by atoms with Gasteiger partial charge in [-0.2, -0.15) is 0 Å². The molecule has 1 aromatic carbocycles. The van der Waals surface area contributed by atoms with Gasteiger partial charge in [0.25, 0.3) is 5.91 Å². The number of likely N-dealkylation sites (N-methyl/N-ethyl adjacent to an activating group) is 1. The second kappa shape index (κ2) is 26.5. The zero-order valence-corrected chi connectivity index (χ0v) is 18.7. The van der Waals surface area contributed by atoms with Crippen LogP contribution in [0, 0.1) is 0 Å². The maximum Gasteiger partial charge on any atom is 0.251 e. The van der Waals surface area contributed by atoms with Crippen molar-refractivity contribution in [2.45, 2.75) is 42.2 Å². The summed E-state index contributed by atoms with van der Waals surface area (Å²) >= 11 is 0. The number of nitrogens with zero attached hydrogens (tertiary/aromatic N) is 1. The highest BCUT2D eigenvalue weighted by Gasteiger charge is 2.05. The van der Waals surface area contributed by atoms with Gasteiger partial charge in [-0.05, 0) is 31.7 Å². The van der Waals surface area contributed by atoms with Crippen molar-refractivity contribution in [2.75, 3.05) is 66.9 Å². The van der Waals surface area contributed by atoms with Crippen molar-refractivity contribution >= 4 is 5.91 Å². The smallest absolute Gasteiger partial charge is 0.251 e. The number of rotatable bonds is 15. The zero-order chi connectivity index (χ0) is 21.0. The molecule has 0 unspecified atom stereocenters. The minimum atomic E-state index is -0.0500. The summed E-state index contributed by atoms with van der Waals surface area (Å²) in [6.45, 7) is 12.1. The Hall–Kier alpha value is -1.55. The van der Waals surface area contributed by atoms with Crippen LogP contribution in [0.1, 0.15) is 54.4 Å². The van der Waals surface area contributed by atoms with Crippen molar-refractivity contribution < 1.29 is 27.3 Å². The van der Waals surface area contributed by atoms with E-state index in [-0.39, 0.29) is 29.1 Å². The molecule has 8 heteroatoms. The molecule has 189 valence electrons. The number of nitrogens with one attached hydrogen (secondary N) is 2. The summed E-state index contributed by atoms with van der Waals surface area (Å²) in [7, 11) is 3.68. The molecule has 0 aliphatic rings. The number of hydrogen-bond acceptors (Lipinski definition) is 6. The van der Waals surface area contributed by atoms with Crippen molar-refractivity contribution in [1.29, 1.82) is 0 Å². The SMILES string of the molecule is C.C.CC.CCOCc1ccc(C(=O)NCCN(C)CCNCOCCOC)cc1.[HH].[HH].[OH]. The Kier molecular flexibility index (Phi) is 31.4. The third kappa shape index (κ3) is 20.1. The molecule has 1 aromatic rings. The molecule has 31 heavy (non-hydrogen) atoms. The largest absolute Gasteiger partial charge is 0.382 e. The van der Waals surface area contributed by atoms with E-state index in [0.717, 1.165) is 25.2 Å². The van der Waals surface area contributed by atoms with E-state index in [1.54, 1.807) is 7.11 Å². The standard InChI is InChI=1S/C19H33N3O4.C2H6.2CH4.HO.2H2/c1-4-25-15-17-5-7-18(8-6-17)19(23)21-10-12-22(2)11-9-20-16-26-14-13-24-3;1-2;;;;;/h5-8,20H,4,9-16H2,1-3H3,(H,21,23);1-2H3;2*1H4;3*1H. The molecule has 3 N–H and O–H groups in total. The van der Waals surface area contributed by atoms with Crippen LogP contribution < -0.4 is 10.6 Å². The molecule has 0 saturated carbocycles. The van der Waals surface area contributed by atoms with E-state index in [0.29, 0.717) is 45.3 Å². The van der Waals surface area contributed by atoms with Gasteiger partial charge in [-0.3, -0.25) is 15.6 Å². The van der Waals surface area contributed by atoms with E-state index in [2.05, 4.69) is 15.5 Å². The number of methoxy groups -OCH3 is 1. The molecule has 0 saturated heterocycles. The Morgan fingerprint density at radius 3 is 2.23 bits per heavy atom. The van der Waals surface area contributed by atoms with Gasteiger partial charge in [0, 0.05) is 48.3 Å². The Bertz CT molecular complexity index is 497. The van der Waals surface area contributed by atoms with Crippen LogP contribution in [-0.2, 0) is 20.8 Å². The Labute approximate surface area is 193 Å². The minimum Gasteiger partial charge on any atom is -0.382 e. The summed E-state index contributed by atoms with van der Waals surface area (Å²) in [6, 6.07) is 7.52. The molecule has 8 nitrogen and oxygen atoms in total. The van der Waals surface area contributed by atoms with E-state index >= 15 is 0 Å². The molecule has 0 aromatic heterocycles. The molecular weight excluding hydrogens is 398 g/mol. The Morgan fingerprint density at radius 1 is 1.03 bits per heavy atom. The van der Waals surface area contributed by atoms with E-state index in [9.17, 15) is 4.79 Å². The van der Waals surface area contributed by atoms with Crippen molar-refractivity contribution in [3.63, 3.8) is 0 Å². The molecule has 0 heterocycles. The first-order chi connectivity index (χ1) is 13.7. The first kappa shape index (κ1) is 36.8. The van der Waals surface area contributed by atoms with Gasteiger partial charge in [0.15, 0.2) is 0 Å². The molecule has 0 fully saturated rings. The number of benzene rings is 1. The lowest BCUT2D eigenvalue weighted by molar-refractivity contribution is 0.0602. The molecule has 0 bridgehead atoms. The van der Waals surface area contributed by atoms with Crippen LogP contribution in [0.5, 0.6) is 0 Å². The predicted molar refractivity (Wildman–Crippen MR) is 133 cm³/mol. The molecule has 0 aliphatic carbocycles. The first-order valence-electron chi connectivity index (χ1n) is 10.1. The van der Waals surface area contributed by atoms with Gasteiger partial charge < -0.3 is 24.4 Å². The van der Waals surface area contributed by atoms with Crippen molar-refractivity contribution in [3.05, 3.63) is 35.4 Å². The van der Waals surface area contributed by atoms with Gasteiger partial charge in [0.1, 0.15) is 0 Å². The summed E-state index contributed by atoms with van der Waals surface area (Å²) in [5.74, 6) is -0.0500. The third-order valence-electron chi connectivity index (χ3n) is 3.77. The highest BCUT2D eigenvalue weighted by atomic mass is 16.5. The van der Waals surface area contributed by atoms with E-state index in [1.165, 1.54) is 0 Å². The van der Waals surface area contributed by atoms with Gasteiger partial charge in [-0.25, -0.2) is 0 Å². The average molecular weight is 451 g/mol. The number of carbonyl (C=O) groups is 1. The van der Waals surface area contributed by atoms with Gasteiger partial charge in [-0.15, -0.1) is 0 Å². The molecule has 1 radical (unpaired) electrons. The van der Waals surface area contributed by atoms with Gasteiger partial charge in [0.2, 0.25) is 0 Å². The Balaban J connectivity index is -0.000000253. The fourth-order valence-corrected chi connectivity index (χ4v) is 2.18. The van der Waals surface area contributed by atoms with Crippen LogP contribution in [0.25, 0.3) is 0 Å². The number of amides is 1. The van der Waals surface area contributed by atoms with Crippen molar-refractivity contribution in [3.8, 4) is 0 Å². The maximum absolute atomic E-state index is 12.1. The van der Waals surface area contributed by atoms with E-state index in [1.807, 2.05) is 52.1 Å². The molecule has 1 amide bonds. The molecule has 1 rings (SSSR count). The van der Waals surface area contributed by atoms with Crippen LogP contribution in [0.3, 0.4) is 0 Å². The molecular formula is C23H52N3O5. The second-order valence-electron chi connectivity index (χ2n) is 5.94. The third-order valence-corrected chi connectivity index (χ3v) is 3.77. The number of carbonyl (C=O) groups excluding carboxylic acids is 1. The summed E-state index contributed by atoms with van der Waals surface area (Å²) in [5, 5.41) is 6.15. The van der Waals surface area contributed by atoms with Gasteiger partial charge in [0.05, 0.1) is 26.6 Å². The van der Waals surface area contributed by atoms with Gasteiger partial charge >= 0.3 is 0 Å². The molecule has 0 spiro atoms. The van der Waals surface area contributed by atoms with Crippen LogP contribution in [0.2, 0.25) is 0 Å². The fraction of sp³-hybridized carbons (Fsp3) is 0.696. The predicted octanol–water partition coefficient (Wildman–Crippen LogP) is 3.71. The van der Waals surface area contributed by atoms with Crippen molar-refractivity contribution in [2.24, 2.45) is 0 Å².